The Morgan fingerprint density at radius 1 is 0.889 bits per heavy atom. The molecule has 0 aliphatic rings. The molecule has 0 spiro atoms. The third kappa shape index (κ3) is 8.74. The third-order valence-electron chi connectivity index (χ3n) is 5.44. The minimum Gasteiger partial charge on any atom is -0.352 e. The van der Waals surface area contributed by atoms with E-state index in [9.17, 15) is 9.59 Å². The largest absolute Gasteiger partial charge is 0.352 e. The van der Waals surface area contributed by atoms with Gasteiger partial charge in [-0.2, -0.15) is 0 Å². The van der Waals surface area contributed by atoms with Gasteiger partial charge in [0, 0.05) is 39.8 Å². The maximum atomic E-state index is 13.6. The molecule has 0 radical (unpaired) electrons. The second-order valence-electron chi connectivity index (χ2n) is 8.75. The van der Waals surface area contributed by atoms with Crippen molar-refractivity contribution in [3.05, 3.63) is 105 Å². The summed E-state index contributed by atoms with van der Waals surface area (Å²) in [7, 11) is 0. The van der Waals surface area contributed by atoms with E-state index in [2.05, 4.69) is 5.32 Å². The van der Waals surface area contributed by atoms with Gasteiger partial charge in [0.15, 0.2) is 0 Å². The van der Waals surface area contributed by atoms with Gasteiger partial charge >= 0.3 is 0 Å². The highest BCUT2D eigenvalue weighted by molar-refractivity contribution is 7.99. The fourth-order valence-electron chi connectivity index (χ4n) is 3.74. The van der Waals surface area contributed by atoms with Gasteiger partial charge in [-0.1, -0.05) is 83.3 Å². The molecule has 0 aliphatic heterocycles. The SMILES string of the molecule is CC(C)NC(=O)[C@H](Cc1ccccc1)N(Cc1cccc(Cl)c1)C(=O)CSCc1ccc(Cl)cc1Cl. The molecule has 0 saturated carbocycles. The van der Waals surface area contributed by atoms with Crippen LogP contribution in [0.4, 0.5) is 0 Å². The number of hydrogen-bond acceptors (Lipinski definition) is 3. The number of hydrogen-bond donors (Lipinski definition) is 1. The van der Waals surface area contributed by atoms with Gasteiger partial charge in [0.1, 0.15) is 6.04 Å². The highest BCUT2D eigenvalue weighted by atomic mass is 35.5. The summed E-state index contributed by atoms with van der Waals surface area (Å²) in [5, 5.41) is 4.71. The molecule has 0 aromatic heterocycles. The van der Waals surface area contributed by atoms with Crippen LogP contribution in [-0.2, 0) is 28.3 Å². The van der Waals surface area contributed by atoms with Gasteiger partial charge in [-0.05, 0) is 54.8 Å². The standard InChI is InChI=1S/C28H29Cl3N2O2S/c1-19(2)32-28(35)26(14-20-7-4-3-5-8-20)33(16-21-9-6-10-23(29)13-21)27(34)18-36-17-22-11-12-24(30)15-25(22)31/h3-13,15,19,26H,14,16-18H2,1-2H3,(H,32,35)/t26-/m0/s1. The summed E-state index contributed by atoms with van der Waals surface area (Å²) in [6.07, 6.45) is 0.402. The molecule has 3 rings (SSSR count). The third-order valence-corrected chi connectivity index (χ3v) is 7.23. The monoisotopic (exact) mass is 562 g/mol. The van der Waals surface area contributed by atoms with Crippen molar-refractivity contribution >= 4 is 58.4 Å². The molecule has 4 nitrogen and oxygen atoms in total. The Kier molecular flexibility index (Phi) is 11.0. The van der Waals surface area contributed by atoms with Gasteiger partial charge < -0.3 is 10.2 Å². The Balaban J connectivity index is 1.85. The smallest absolute Gasteiger partial charge is 0.243 e. The van der Waals surface area contributed by atoms with Crippen LogP contribution in [-0.4, -0.2) is 34.6 Å². The van der Waals surface area contributed by atoms with E-state index in [0.717, 1.165) is 16.7 Å². The molecular weight excluding hydrogens is 535 g/mol. The summed E-state index contributed by atoms with van der Waals surface area (Å²) in [5.74, 6) is 0.425. The van der Waals surface area contributed by atoms with Crippen molar-refractivity contribution in [3.8, 4) is 0 Å². The Labute approximate surface area is 232 Å². The van der Waals surface area contributed by atoms with Gasteiger partial charge in [-0.3, -0.25) is 9.59 Å². The van der Waals surface area contributed by atoms with E-state index in [1.165, 1.54) is 11.8 Å². The maximum Gasteiger partial charge on any atom is 0.243 e. The average Bonchev–Trinajstić information content (AvgIpc) is 2.83. The van der Waals surface area contributed by atoms with E-state index in [1.54, 1.807) is 23.1 Å². The number of carbonyl (C=O) groups is 2. The molecule has 190 valence electrons. The zero-order chi connectivity index (χ0) is 26.1. The summed E-state index contributed by atoms with van der Waals surface area (Å²) < 4.78 is 0. The normalized spacial score (nSPS) is 11.8. The second kappa shape index (κ2) is 13.9. The van der Waals surface area contributed by atoms with Crippen LogP contribution in [0.5, 0.6) is 0 Å². The second-order valence-corrected chi connectivity index (χ2v) is 11.0. The van der Waals surface area contributed by atoms with Crippen molar-refractivity contribution in [2.75, 3.05) is 5.75 Å². The van der Waals surface area contributed by atoms with Crippen molar-refractivity contribution in [2.24, 2.45) is 0 Å². The first kappa shape index (κ1) is 28.4. The molecule has 1 atom stereocenters. The molecule has 36 heavy (non-hydrogen) atoms. The zero-order valence-corrected chi connectivity index (χ0v) is 23.3. The minimum atomic E-state index is -0.680. The lowest BCUT2D eigenvalue weighted by atomic mass is 10.0. The molecule has 0 unspecified atom stereocenters. The van der Waals surface area contributed by atoms with Crippen LogP contribution in [0.2, 0.25) is 15.1 Å². The lowest BCUT2D eigenvalue weighted by Crippen LogP contribution is -2.52. The number of rotatable bonds is 11. The van der Waals surface area contributed by atoms with E-state index in [0.29, 0.717) is 27.2 Å². The molecule has 8 heteroatoms. The molecular formula is C28H29Cl3N2O2S. The number of amides is 2. The molecule has 2 amide bonds. The van der Waals surface area contributed by atoms with Crippen LogP contribution in [0.15, 0.2) is 72.8 Å². The van der Waals surface area contributed by atoms with Crippen LogP contribution in [0.1, 0.15) is 30.5 Å². The fourth-order valence-corrected chi connectivity index (χ4v) is 5.42. The van der Waals surface area contributed by atoms with Gasteiger partial charge in [0.25, 0.3) is 0 Å². The lowest BCUT2D eigenvalue weighted by Gasteiger charge is -2.32. The predicted octanol–water partition coefficient (Wildman–Crippen LogP) is 7.04. The summed E-state index contributed by atoms with van der Waals surface area (Å²) in [6.45, 7) is 4.09. The minimum absolute atomic E-state index is 0.0553. The fraction of sp³-hybridized carbons (Fsp3) is 0.286. The molecule has 0 saturated heterocycles. The van der Waals surface area contributed by atoms with E-state index in [-0.39, 0.29) is 30.2 Å². The molecule has 1 N–H and O–H groups in total. The van der Waals surface area contributed by atoms with Crippen molar-refractivity contribution < 1.29 is 9.59 Å². The number of nitrogens with one attached hydrogen (secondary N) is 1. The lowest BCUT2D eigenvalue weighted by molar-refractivity contribution is -0.139. The number of benzene rings is 3. The Bertz CT molecular complexity index is 1170. The molecule has 0 aliphatic carbocycles. The maximum absolute atomic E-state index is 13.6. The van der Waals surface area contributed by atoms with E-state index in [1.807, 2.05) is 68.4 Å². The van der Waals surface area contributed by atoms with Gasteiger partial charge in [-0.25, -0.2) is 0 Å². The summed E-state index contributed by atoms with van der Waals surface area (Å²) in [6, 6.07) is 21.7. The molecule has 0 bridgehead atoms. The van der Waals surface area contributed by atoms with Crippen molar-refractivity contribution in [3.63, 3.8) is 0 Å². The summed E-state index contributed by atoms with van der Waals surface area (Å²) in [4.78, 5) is 28.6. The van der Waals surface area contributed by atoms with Crippen LogP contribution in [0, 0.1) is 0 Å². The quantitative estimate of drug-likeness (QED) is 0.272. The zero-order valence-electron chi connectivity index (χ0n) is 20.2. The summed E-state index contributed by atoms with van der Waals surface area (Å²) >= 11 is 20.0. The van der Waals surface area contributed by atoms with Gasteiger partial charge in [-0.15, -0.1) is 11.8 Å². The van der Waals surface area contributed by atoms with Gasteiger partial charge in [0.2, 0.25) is 11.8 Å². The Hall–Kier alpha value is -2.18. The topological polar surface area (TPSA) is 49.4 Å². The number of thioether (sulfide) groups is 1. The van der Waals surface area contributed by atoms with Crippen LogP contribution in [0.25, 0.3) is 0 Å². The van der Waals surface area contributed by atoms with Crippen LogP contribution in [0.3, 0.4) is 0 Å². The van der Waals surface area contributed by atoms with Crippen molar-refractivity contribution in [1.82, 2.24) is 10.2 Å². The number of carbonyl (C=O) groups excluding carboxylic acids is 2. The number of halogens is 3. The predicted molar refractivity (Wildman–Crippen MR) is 152 cm³/mol. The first-order valence-corrected chi connectivity index (χ1v) is 13.9. The highest BCUT2D eigenvalue weighted by Crippen LogP contribution is 2.25. The Morgan fingerprint density at radius 3 is 2.25 bits per heavy atom. The molecule has 0 fully saturated rings. The number of nitrogens with zero attached hydrogens (tertiary/aromatic N) is 1. The first-order valence-electron chi connectivity index (χ1n) is 11.6. The summed E-state index contributed by atoms with van der Waals surface area (Å²) in [5.41, 5.74) is 2.74. The molecule has 3 aromatic rings. The first-order chi connectivity index (χ1) is 17.2. The van der Waals surface area contributed by atoms with Gasteiger partial charge in [0.05, 0.1) is 5.75 Å². The van der Waals surface area contributed by atoms with Crippen LogP contribution < -0.4 is 5.32 Å². The van der Waals surface area contributed by atoms with Crippen LogP contribution >= 0.6 is 46.6 Å². The van der Waals surface area contributed by atoms with Crippen molar-refractivity contribution in [1.29, 1.82) is 0 Å². The molecule has 0 heterocycles. The van der Waals surface area contributed by atoms with E-state index < -0.39 is 6.04 Å². The average molecular weight is 564 g/mol. The highest BCUT2D eigenvalue weighted by Gasteiger charge is 2.30. The van der Waals surface area contributed by atoms with Crippen molar-refractivity contribution in [2.45, 2.75) is 44.6 Å². The van der Waals surface area contributed by atoms with E-state index >= 15 is 0 Å². The molecule has 3 aromatic carbocycles. The Morgan fingerprint density at radius 2 is 1.58 bits per heavy atom. The van der Waals surface area contributed by atoms with E-state index in [4.69, 9.17) is 34.8 Å².